The highest BCUT2D eigenvalue weighted by Gasteiger charge is 1.91. The van der Waals surface area contributed by atoms with E-state index in [0.717, 1.165) is 0 Å². The molecular formula is C4H8ClN2+. The van der Waals surface area contributed by atoms with Crippen LogP contribution in [0.15, 0.2) is 5.11 Å². The molecule has 0 amide bonds. The molecule has 1 atom stereocenters. The van der Waals surface area contributed by atoms with Crippen LogP contribution in [0.1, 0.15) is 13.8 Å². The van der Waals surface area contributed by atoms with E-state index in [1.54, 1.807) is 20.1 Å². The van der Waals surface area contributed by atoms with Crippen LogP contribution in [0.4, 0.5) is 0 Å². The lowest BCUT2D eigenvalue weighted by Crippen LogP contribution is -1.80. The Morgan fingerprint density at radius 1 is 1.86 bits per heavy atom. The second-order valence-corrected chi connectivity index (χ2v) is 1.69. The van der Waals surface area contributed by atoms with Gasteiger partial charge in [0.25, 0.3) is 0 Å². The standard InChI is InChI=1S/C4H8ClN2/c1-3-6-7-4(2)5/h3-4H,1-2H3/q+1. The Morgan fingerprint density at radius 2 is 2.43 bits per heavy atom. The first kappa shape index (κ1) is 6.67. The van der Waals surface area contributed by atoms with E-state index in [1.807, 2.05) is 0 Å². The van der Waals surface area contributed by atoms with E-state index in [4.69, 9.17) is 11.6 Å². The molecule has 0 bridgehead atoms. The van der Waals surface area contributed by atoms with Crippen LogP contribution < -0.4 is 0 Å². The summed E-state index contributed by atoms with van der Waals surface area (Å²) in [5.41, 5.74) is -0.198. The fraction of sp³-hybridized carbons (Fsp3) is 0.750. The molecule has 0 N–H and O–H groups in total. The Balaban J connectivity index is 3.46. The van der Waals surface area contributed by atoms with Crippen molar-refractivity contribution < 1.29 is 4.79 Å². The molecule has 0 aliphatic carbocycles. The molecule has 0 heterocycles. The van der Waals surface area contributed by atoms with Gasteiger partial charge in [-0.1, -0.05) is 11.6 Å². The van der Waals surface area contributed by atoms with Gasteiger partial charge in [0.2, 0.25) is 5.50 Å². The maximum Gasteiger partial charge on any atom is 0.304 e. The molecule has 0 aromatic carbocycles. The number of alkyl halides is 1. The first-order valence-corrected chi connectivity index (χ1v) is 2.53. The third-order valence-corrected chi connectivity index (χ3v) is 0.429. The normalized spacial score (nSPS) is 11.9. The number of halogens is 1. The molecule has 0 aromatic heterocycles. The van der Waals surface area contributed by atoms with Crippen molar-refractivity contribution in [1.82, 2.24) is 0 Å². The first-order valence-electron chi connectivity index (χ1n) is 2.09. The Kier molecular flexibility index (Phi) is 3.67. The number of hydrogen-bond acceptors (Lipinski definition) is 1. The molecule has 3 heteroatoms. The molecule has 0 saturated carbocycles. The van der Waals surface area contributed by atoms with Crippen molar-refractivity contribution >= 4 is 17.8 Å². The molecule has 0 spiro atoms. The smallest absolute Gasteiger partial charge is 0.0894 e. The van der Waals surface area contributed by atoms with E-state index < -0.39 is 0 Å². The van der Waals surface area contributed by atoms with Gasteiger partial charge in [0, 0.05) is 11.7 Å². The van der Waals surface area contributed by atoms with Crippen LogP contribution in [0.2, 0.25) is 0 Å². The summed E-state index contributed by atoms with van der Waals surface area (Å²) in [5, 5.41) is 3.58. The van der Waals surface area contributed by atoms with Crippen LogP contribution in [-0.4, -0.2) is 16.5 Å². The van der Waals surface area contributed by atoms with Crippen molar-refractivity contribution in [3.63, 3.8) is 0 Å². The Hall–Kier alpha value is -0.330. The van der Waals surface area contributed by atoms with Crippen molar-refractivity contribution in [2.24, 2.45) is 5.11 Å². The second-order valence-electron chi connectivity index (χ2n) is 1.06. The predicted molar refractivity (Wildman–Crippen MR) is 29.7 cm³/mol. The molecule has 7 heavy (non-hydrogen) atoms. The van der Waals surface area contributed by atoms with Crippen LogP contribution in [0.3, 0.4) is 0 Å². The van der Waals surface area contributed by atoms with Crippen molar-refractivity contribution in [1.29, 1.82) is 0 Å². The third kappa shape index (κ3) is 5.67. The topological polar surface area (TPSA) is 26.5 Å². The van der Waals surface area contributed by atoms with Gasteiger partial charge < -0.3 is 0 Å². The van der Waals surface area contributed by atoms with Crippen LogP contribution in [-0.2, 0) is 0 Å². The van der Waals surface area contributed by atoms with Crippen molar-refractivity contribution in [2.75, 3.05) is 0 Å². The van der Waals surface area contributed by atoms with Crippen molar-refractivity contribution in [3.8, 4) is 0 Å². The molecule has 0 rings (SSSR count). The van der Waals surface area contributed by atoms with E-state index in [0.29, 0.717) is 0 Å². The lowest BCUT2D eigenvalue weighted by atomic mass is 10.8. The van der Waals surface area contributed by atoms with Crippen LogP contribution in [0.5, 0.6) is 0 Å². The van der Waals surface area contributed by atoms with Gasteiger partial charge in [-0.05, 0) is 6.92 Å². The minimum atomic E-state index is -0.198. The van der Waals surface area contributed by atoms with Gasteiger partial charge in [-0.25, -0.2) is 0 Å². The molecule has 0 aliphatic heterocycles. The Bertz CT molecular complexity index is 91.9. The first-order chi connectivity index (χ1) is 3.27. The third-order valence-electron chi connectivity index (χ3n) is 0.341. The summed E-state index contributed by atoms with van der Waals surface area (Å²) in [6.07, 6.45) is 1.60. The SMILES string of the molecule is CC=[N+]=NC(C)Cl. The molecule has 0 aliphatic rings. The second kappa shape index (κ2) is 3.85. The molecular weight excluding hydrogens is 112 g/mol. The summed E-state index contributed by atoms with van der Waals surface area (Å²) >= 11 is 5.38. The van der Waals surface area contributed by atoms with Crippen LogP contribution in [0.25, 0.3) is 0 Å². The monoisotopic (exact) mass is 119 g/mol. The maximum atomic E-state index is 5.38. The lowest BCUT2D eigenvalue weighted by molar-refractivity contribution is -0.0867. The van der Waals surface area contributed by atoms with Gasteiger partial charge in [0.05, 0.1) is 0 Å². The average molecular weight is 120 g/mol. The summed E-state index contributed by atoms with van der Waals surface area (Å²) in [6, 6.07) is 0. The quantitative estimate of drug-likeness (QED) is 0.164. The summed E-state index contributed by atoms with van der Waals surface area (Å²) in [6.45, 7) is 3.55. The zero-order chi connectivity index (χ0) is 5.70. The molecule has 1 unspecified atom stereocenters. The Labute approximate surface area is 47.9 Å². The van der Waals surface area contributed by atoms with E-state index in [2.05, 4.69) is 9.90 Å². The lowest BCUT2D eigenvalue weighted by Gasteiger charge is -1.70. The van der Waals surface area contributed by atoms with Gasteiger partial charge in [-0.2, -0.15) is 0 Å². The van der Waals surface area contributed by atoms with Gasteiger partial charge in [0.15, 0.2) is 0 Å². The molecule has 0 radical (unpaired) electrons. The summed E-state index contributed by atoms with van der Waals surface area (Å²) in [7, 11) is 0. The van der Waals surface area contributed by atoms with Gasteiger partial charge in [0.1, 0.15) is 5.11 Å². The van der Waals surface area contributed by atoms with E-state index in [1.165, 1.54) is 0 Å². The summed E-state index contributed by atoms with van der Waals surface area (Å²) < 4.78 is 0. The zero-order valence-corrected chi connectivity index (χ0v) is 5.18. The van der Waals surface area contributed by atoms with Crippen molar-refractivity contribution in [3.05, 3.63) is 0 Å². The van der Waals surface area contributed by atoms with Gasteiger partial charge >= 0.3 is 6.21 Å². The summed E-state index contributed by atoms with van der Waals surface area (Å²) in [4.78, 5) is 3.54. The molecule has 0 aromatic rings. The van der Waals surface area contributed by atoms with Gasteiger partial charge in [-0.15, -0.1) is 0 Å². The summed E-state index contributed by atoms with van der Waals surface area (Å²) in [5.74, 6) is 0. The molecule has 40 valence electrons. The largest absolute Gasteiger partial charge is 0.304 e. The van der Waals surface area contributed by atoms with E-state index in [9.17, 15) is 0 Å². The maximum absolute atomic E-state index is 5.38. The molecule has 2 nitrogen and oxygen atoms in total. The number of nitrogens with zero attached hydrogens (tertiary/aromatic N) is 2. The molecule has 0 fully saturated rings. The highest BCUT2D eigenvalue weighted by Crippen LogP contribution is 1.89. The highest BCUT2D eigenvalue weighted by molar-refractivity contribution is 6.20. The van der Waals surface area contributed by atoms with Crippen LogP contribution >= 0.6 is 11.6 Å². The Morgan fingerprint density at radius 3 is 2.57 bits per heavy atom. The minimum Gasteiger partial charge on any atom is -0.0894 e. The van der Waals surface area contributed by atoms with Crippen molar-refractivity contribution in [2.45, 2.75) is 19.3 Å². The van der Waals surface area contributed by atoms with Gasteiger partial charge in [-0.3, -0.25) is 0 Å². The molecule has 0 saturated heterocycles. The van der Waals surface area contributed by atoms with E-state index in [-0.39, 0.29) is 5.50 Å². The zero-order valence-electron chi connectivity index (χ0n) is 4.43. The fourth-order valence-electron chi connectivity index (χ4n) is 0.159. The average Bonchev–Trinajstić information content (AvgIpc) is 1.61. The van der Waals surface area contributed by atoms with Crippen LogP contribution in [0, 0.1) is 0 Å². The highest BCUT2D eigenvalue weighted by atomic mass is 35.5. The fourth-order valence-corrected chi connectivity index (χ4v) is 0.209. The van der Waals surface area contributed by atoms with E-state index >= 15 is 0 Å². The number of hydrogen-bond donors (Lipinski definition) is 0. The number of rotatable bonds is 1. The predicted octanol–water partition coefficient (Wildman–Crippen LogP) is 1.32. The minimum absolute atomic E-state index is 0.198.